The number of piperazine rings is 1. The van der Waals surface area contributed by atoms with Crippen LogP contribution in [0.1, 0.15) is 41.0 Å². The number of rotatable bonds is 3. The second-order valence-corrected chi connectivity index (χ2v) is 7.83. The lowest BCUT2D eigenvalue weighted by atomic mass is 9.84. The van der Waals surface area contributed by atoms with Crippen LogP contribution in [0, 0.1) is 11.3 Å². The first kappa shape index (κ1) is 16.3. The van der Waals surface area contributed by atoms with Crippen LogP contribution in [0.5, 0.6) is 0 Å². The summed E-state index contributed by atoms with van der Waals surface area (Å²) >= 11 is 0. The molecule has 2 fully saturated rings. The van der Waals surface area contributed by atoms with Crippen molar-refractivity contribution in [2.24, 2.45) is 11.3 Å². The molecule has 0 aliphatic carbocycles. The first-order valence-electron chi connectivity index (χ1n) is 8.00. The maximum Gasteiger partial charge on any atom is 0.246 e. The van der Waals surface area contributed by atoms with Gasteiger partial charge in [0.15, 0.2) is 0 Å². The van der Waals surface area contributed by atoms with E-state index in [-0.39, 0.29) is 23.8 Å². The minimum Gasteiger partial charge on any atom is -0.342 e. The van der Waals surface area contributed by atoms with Gasteiger partial charge in [-0.2, -0.15) is 0 Å². The molecule has 0 aromatic carbocycles. The van der Waals surface area contributed by atoms with Gasteiger partial charge in [-0.1, -0.05) is 20.8 Å². The van der Waals surface area contributed by atoms with Crippen molar-refractivity contribution in [1.29, 1.82) is 0 Å². The average Bonchev–Trinajstić information content (AvgIpc) is 2.80. The summed E-state index contributed by atoms with van der Waals surface area (Å²) < 4.78 is 0. The minimum atomic E-state index is -0.402. The molecule has 120 valence electrons. The molecule has 2 unspecified atom stereocenters. The molecule has 2 saturated heterocycles. The maximum atomic E-state index is 12.6. The van der Waals surface area contributed by atoms with E-state index in [0.717, 1.165) is 19.5 Å². The highest BCUT2D eigenvalue weighted by molar-refractivity contribution is 5.95. The summed E-state index contributed by atoms with van der Waals surface area (Å²) in [6.07, 6.45) is 1.11. The minimum absolute atomic E-state index is 0.0340. The van der Waals surface area contributed by atoms with Crippen molar-refractivity contribution in [3.05, 3.63) is 0 Å². The fourth-order valence-electron chi connectivity index (χ4n) is 3.24. The lowest BCUT2D eigenvalue weighted by Gasteiger charge is -2.39. The fraction of sp³-hybridized carbons (Fsp3) is 0.875. The van der Waals surface area contributed by atoms with Gasteiger partial charge in [0, 0.05) is 19.1 Å². The van der Waals surface area contributed by atoms with Gasteiger partial charge in [0.25, 0.3) is 0 Å². The molecule has 2 amide bonds. The highest BCUT2D eigenvalue weighted by Gasteiger charge is 2.41. The van der Waals surface area contributed by atoms with Crippen molar-refractivity contribution in [2.75, 3.05) is 26.2 Å². The number of nitrogens with one attached hydrogen (secondary N) is 1. The molecule has 0 radical (unpaired) electrons. The van der Waals surface area contributed by atoms with E-state index < -0.39 is 6.04 Å². The third-order valence-corrected chi connectivity index (χ3v) is 4.59. The molecular formula is C16H29N3O2. The van der Waals surface area contributed by atoms with Gasteiger partial charge in [-0.15, -0.1) is 0 Å². The smallest absolute Gasteiger partial charge is 0.246 e. The summed E-state index contributed by atoms with van der Waals surface area (Å²) in [4.78, 5) is 28.7. The number of carbonyl (C=O) groups is 2. The predicted octanol–water partition coefficient (Wildman–Crippen LogP) is 1.09. The Morgan fingerprint density at radius 1 is 1.29 bits per heavy atom. The molecule has 2 atom stereocenters. The zero-order chi connectivity index (χ0) is 15.8. The van der Waals surface area contributed by atoms with Crippen LogP contribution < -0.4 is 5.32 Å². The molecule has 0 saturated carbocycles. The third kappa shape index (κ3) is 3.76. The zero-order valence-corrected chi connectivity index (χ0v) is 14.0. The molecule has 2 aliphatic rings. The predicted molar refractivity (Wildman–Crippen MR) is 82.8 cm³/mol. The van der Waals surface area contributed by atoms with E-state index in [9.17, 15) is 9.59 Å². The number of amides is 2. The molecular weight excluding hydrogens is 266 g/mol. The Labute approximate surface area is 128 Å². The van der Waals surface area contributed by atoms with Crippen LogP contribution in [0.4, 0.5) is 0 Å². The van der Waals surface area contributed by atoms with Crippen molar-refractivity contribution >= 4 is 11.8 Å². The molecule has 0 aromatic rings. The van der Waals surface area contributed by atoms with Crippen molar-refractivity contribution in [2.45, 2.75) is 53.1 Å². The molecule has 0 spiro atoms. The first-order valence-corrected chi connectivity index (χ1v) is 8.00. The molecule has 1 N–H and O–H groups in total. The van der Waals surface area contributed by atoms with Gasteiger partial charge in [-0.05, 0) is 38.1 Å². The Hall–Kier alpha value is -1.10. The van der Waals surface area contributed by atoms with Crippen molar-refractivity contribution in [3.63, 3.8) is 0 Å². The fourth-order valence-corrected chi connectivity index (χ4v) is 3.24. The molecule has 5 heteroatoms. The van der Waals surface area contributed by atoms with Crippen LogP contribution in [0.25, 0.3) is 0 Å². The summed E-state index contributed by atoms with van der Waals surface area (Å²) in [7, 11) is 0. The highest BCUT2D eigenvalue weighted by atomic mass is 16.2. The Bertz CT molecular complexity index is 414. The Morgan fingerprint density at radius 3 is 2.48 bits per heavy atom. The first-order chi connectivity index (χ1) is 9.68. The Balaban J connectivity index is 1.99. The van der Waals surface area contributed by atoms with Gasteiger partial charge >= 0.3 is 0 Å². The monoisotopic (exact) mass is 295 g/mol. The summed E-state index contributed by atoms with van der Waals surface area (Å²) in [6.45, 7) is 13.4. The van der Waals surface area contributed by atoms with Gasteiger partial charge in [-0.25, -0.2) is 0 Å². The molecule has 5 nitrogen and oxygen atoms in total. The zero-order valence-electron chi connectivity index (χ0n) is 14.0. The van der Waals surface area contributed by atoms with E-state index in [0.29, 0.717) is 18.5 Å². The van der Waals surface area contributed by atoms with Crippen molar-refractivity contribution < 1.29 is 9.59 Å². The molecule has 2 heterocycles. The van der Waals surface area contributed by atoms with Gasteiger partial charge in [0.05, 0.1) is 6.54 Å². The standard InChI is InChI=1S/C16H29N3O2/c1-11(2)18-7-6-12(8-18)9-19-10-13(20)17-14(15(19)21)16(3,4)5/h11-12,14H,6-10H2,1-5H3,(H,17,20). The van der Waals surface area contributed by atoms with Crippen LogP contribution in [0.15, 0.2) is 0 Å². The number of hydrogen-bond donors (Lipinski definition) is 1. The van der Waals surface area contributed by atoms with Gasteiger partial charge in [0.1, 0.15) is 6.04 Å². The summed E-state index contributed by atoms with van der Waals surface area (Å²) in [5.74, 6) is 0.529. The van der Waals surface area contributed by atoms with Gasteiger partial charge in [-0.3, -0.25) is 9.59 Å². The normalized spacial score (nSPS) is 28.4. The number of hydrogen-bond acceptors (Lipinski definition) is 3. The number of carbonyl (C=O) groups excluding carboxylic acids is 2. The van der Waals surface area contributed by atoms with E-state index in [4.69, 9.17) is 0 Å². The molecule has 2 rings (SSSR count). The van der Waals surface area contributed by atoms with Crippen LogP contribution in [0.3, 0.4) is 0 Å². The second kappa shape index (κ2) is 5.95. The van der Waals surface area contributed by atoms with Crippen LogP contribution in [0.2, 0.25) is 0 Å². The quantitative estimate of drug-likeness (QED) is 0.848. The molecule has 21 heavy (non-hydrogen) atoms. The number of likely N-dealkylation sites (tertiary alicyclic amines) is 1. The van der Waals surface area contributed by atoms with E-state index >= 15 is 0 Å². The Morgan fingerprint density at radius 2 is 1.95 bits per heavy atom. The van der Waals surface area contributed by atoms with E-state index in [1.165, 1.54) is 0 Å². The van der Waals surface area contributed by atoms with E-state index in [1.54, 1.807) is 4.90 Å². The molecule has 2 aliphatic heterocycles. The largest absolute Gasteiger partial charge is 0.342 e. The average molecular weight is 295 g/mol. The van der Waals surface area contributed by atoms with Gasteiger partial charge < -0.3 is 15.1 Å². The van der Waals surface area contributed by atoms with Crippen molar-refractivity contribution in [3.8, 4) is 0 Å². The van der Waals surface area contributed by atoms with Crippen LogP contribution in [-0.2, 0) is 9.59 Å². The lowest BCUT2D eigenvalue weighted by Crippen LogP contribution is -2.62. The topological polar surface area (TPSA) is 52.6 Å². The molecule has 0 bridgehead atoms. The highest BCUT2D eigenvalue weighted by Crippen LogP contribution is 2.25. The van der Waals surface area contributed by atoms with Crippen LogP contribution in [-0.4, -0.2) is 59.9 Å². The lowest BCUT2D eigenvalue weighted by molar-refractivity contribution is -0.147. The van der Waals surface area contributed by atoms with Gasteiger partial charge in [0.2, 0.25) is 11.8 Å². The number of nitrogens with zero attached hydrogens (tertiary/aromatic N) is 2. The van der Waals surface area contributed by atoms with E-state index in [2.05, 4.69) is 24.1 Å². The maximum absolute atomic E-state index is 12.6. The summed E-state index contributed by atoms with van der Waals surface area (Å²) in [5, 5.41) is 2.85. The third-order valence-electron chi connectivity index (χ3n) is 4.59. The second-order valence-electron chi connectivity index (χ2n) is 7.83. The van der Waals surface area contributed by atoms with Crippen molar-refractivity contribution in [1.82, 2.24) is 15.1 Å². The summed E-state index contributed by atoms with van der Waals surface area (Å²) in [6, 6.07) is 0.152. The SMILES string of the molecule is CC(C)N1CCC(CN2CC(=O)NC(C(C)(C)C)C2=O)C1. The van der Waals surface area contributed by atoms with E-state index in [1.807, 2.05) is 20.8 Å². The molecule has 0 aromatic heterocycles. The summed E-state index contributed by atoms with van der Waals surface area (Å²) in [5.41, 5.74) is -0.245. The van der Waals surface area contributed by atoms with Crippen LogP contribution >= 0.6 is 0 Å². The Kier molecular flexibility index (Phi) is 4.61.